The topological polar surface area (TPSA) is 65.6 Å². The number of benzene rings is 2. The number of rotatable bonds is 12. The quantitative estimate of drug-likeness (QED) is 0.163. The molecule has 0 unspecified atom stereocenters. The number of hydrogen-bond acceptors (Lipinski definition) is 6. The van der Waals surface area contributed by atoms with Gasteiger partial charge in [0.15, 0.2) is 0 Å². The minimum Gasteiger partial charge on any atom is -0.496 e. The smallest absolute Gasteiger partial charge is 0.246 e. The minimum atomic E-state index is 0. The summed E-state index contributed by atoms with van der Waals surface area (Å²) < 4.78 is 11.2. The molecule has 2 aromatic rings. The fourth-order valence-electron chi connectivity index (χ4n) is 6.34. The Morgan fingerprint density at radius 1 is 0.585 bits per heavy atom. The second-order valence-electron chi connectivity index (χ2n) is 15.5. The Bertz CT molecular complexity index is 1470. The van der Waals surface area contributed by atoms with Gasteiger partial charge in [-0.15, -0.1) is 24.8 Å². The van der Waals surface area contributed by atoms with Gasteiger partial charge >= 0.3 is 0 Å². The predicted molar refractivity (Wildman–Crippen MR) is 225 cm³/mol. The molecule has 2 fully saturated rings. The van der Waals surface area contributed by atoms with Crippen LogP contribution in [0.5, 0.6) is 11.5 Å². The number of carbonyl (C=O) groups is 2. The molecule has 0 radical (unpaired) electrons. The molecule has 2 aliphatic heterocycles. The molecule has 2 aromatic carbocycles. The highest BCUT2D eigenvalue weighted by Crippen LogP contribution is 2.30. The van der Waals surface area contributed by atoms with Gasteiger partial charge in [0, 0.05) is 75.6 Å². The van der Waals surface area contributed by atoms with Gasteiger partial charge in [-0.2, -0.15) is 0 Å². The lowest BCUT2D eigenvalue weighted by atomic mass is 9.86. The van der Waals surface area contributed by atoms with Gasteiger partial charge in [-0.1, -0.05) is 102 Å². The molecule has 2 saturated heterocycles. The summed E-state index contributed by atoms with van der Waals surface area (Å²) in [6.07, 6.45) is 15.8. The summed E-state index contributed by atoms with van der Waals surface area (Å²) in [6, 6.07) is 12.6. The third-order valence-electron chi connectivity index (χ3n) is 9.77. The van der Waals surface area contributed by atoms with E-state index in [1.807, 2.05) is 46.3 Å². The summed E-state index contributed by atoms with van der Waals surface area (Å²) in [5.41, 5.74) is 4.54. The molecule has 10 heteroatoms. The van der Waals surface area contributed by atoms with Crippen LogP contribution in [0.3, 0.4) is 0 Å². The van der Waals surface area contributed by atoms with E-state index in [-0.39, 0.29) is 47.5 Å². The van der Waals surface area contributed by atoms with Crippen LogP contribution in [0.25, 0.3) is 12.2 Å². The summed E-state index contributed by atoms with van der Waals surface area (Å²) in [6.45, 7) is 21.7. The van der Waals surface area contributed by atoms with Crippen LogP contribution in [0.2, 0.25) is 0 Å². The number of hydrogen-bond donors (Lipinski definition) is 0. The fraction of sp³-hybridized carbons (Fsp3) is 0.488. The van der Waals surface area contributed by atoms with Gasteiger partial charge in [-0.05, 0) is 53.6 Å². The van der Waals surface area contributed by atoms with E-state index >= 15 is 0 Å². The van der Waals surface area contributed by atoms with Crippen molar-refractivity contribution in [2.45, 2.75) is 58.8 Å². The molecular formula is C43H62Cl2N4O4. The van der Waals surface area contributed by atoms with E-state index in [2.05, 4.69) is 87.7 Å². The number of carbonyl (C=O) groups excluding carboxylic acids is 2. The second-order valence-corrected chi connectivity index (χ2v) is 15.5. The van der Waals surface area contributed by atoms with Gasteiger partial charge in [0.2, 0.25) is 11.8 Å². The number of amides is 2. The van der Waals surface area contributed by atoms with E-state index in [9.17, 15) is 9.59 Å². The Hall–Kier alpha value is -3.56. The van der Waals surface area contributed by atoms with E-state index in [0.29, 0.717) is 0 Å². The molecule has 0 spiro atoms. The Morgan fingerprint density at radius 2 is 0.943 bits per heavy atom. The normalized spacial score (nSPS) is 16.4. The Labute approximate surface area is 331 Å². The van der Waals surface area contributed by atoms with Gasteiger partial charge in [0.25, 0.3) is 0 Å². The van der Waals surface area contributed by atoms with Gasteiger partial charge in [0.1, 0.15) is 11.5 Å². The van der Waals surface area contributed by atoms with Crippen molar-refractivity contribution in [3.05, 3.63) is 95.1 Å². The molecule has 53 heavy (non-hydrogen) atoms. The van der Waals surface area contributed by atoms with E-state index in [0.717, 1.165) is 94.5 Å². The Kier molecular flexibility index (Phi) is 18.4. The van der Waals surface area contributed by atoms with Crippen molar-refractivity contribution in [2.75, 3.05) is 79.7 Å². The molecule has 292 valence electrons. The van der Waals surface area contributed by atoms with Gasteiger partial charge in [-0.25, -0.2) is 0 Å². The first-order valence-electron chi connectivity index (χ1n) is 18.4. The highest BCUT2D eigenvalue weighted by atomic mass is 35.5. The summed E-state index contributed by atoms with van der Waals surface area (Å²) in [7, 11) is 3.38. The molecule has 0 atom stereocenters. The molecule has 2 amide bonds. The van der Waals surface area contributed by atoms with E-state index < -0.39 is 0 Å². The van der Waals surface area contributed by atoms with E-state index in [4.69, 9.17) is 9.47 Å². The lowest BCUT2D eigenvalue weighted by molar-refractivity contribution is -0.128. The van der Waals surface area contributed by atoms with Gasteiger partial charge in [0.05, 0.1) is 14.2 Å². The van der Waals surface area contributed by atoms with Crippen molar-refractivity contribution in [2.24, 2.45) is 0 Å². The first-order valence-corrected chi connectivity index (χ1v) is 18.4. The second kappa shape index (κ2) is 21.4. The lowest BCUT2D eigenvalue weighted by Crippen LogP contribution is -2.50. The molecule has 0 aromatic heterocycles. The van der Waals surface area contributed by atoms with Crippen LogP contribution in [-0.4, -0.2) is 111 Å². The zero-order valence-corrected chi connectivity index (χ0v) is 34.7. The number of ether oxygens (including phenoxy) is 2. The Morgan fingerprint density at radius 3 is 1.26 bits per heavy atom. The van der Waals surface area contributed by atoms with Crippen LogP contribution < -0.4 is 9.47 Å². The van der Waals surface area contributed by atoms with Crippen LogP contribution in [0, 0.1) is 0 Å². The van der Waals surface area contributed by atoms with Crippen LogP contribution in [0.1, 0.15) is 70.2 Å². The van der Waals surface area contributed by atoms with Gasteiger partial charge in [-0.3, -0.25) is 19.4 Å². The average molecular weight is 770 g/mol. The van der Waals surface area contributed by atoms with Crippen LogP contribution in [0.15, 0.2) is 72.9 Å². The summed E-state index contributed by atoms with van der Waals surface area (Å²) in [5.74, 6) is 1.78. The van der Waals surface area contributed by atoms with Gasteiger partial charge < -0.3 is 19.3 Å². The van der Waals surface area contributed by atoms with E-state index in [1.165, 1.54) is 11.1 Å². The predicted octanol–water partition coefficient (Wildman–Crippen LogP) is 7.66. The number of allylic oxidation sites excluding steroid dienone is 4. The maximum absolute atomic E-state index is 12.8. The Balaban J connectivity index is 0.00000486. The van der Waals surface area contributed by atoms with Crippen LogP contribution in [0.4, 0.5) is 0 Å². The highest BCUT2D eigenvalue weighted by Gasteiger charge is 2.22. The number of methoxy groups -OCH3 is 2. The standard InChI is InChI=1S/C43H60N4O4.2ClH/c1-42(2,3)36-20-18-34(38(32-36)50-7)14-9-11-16-40(48)46-28-24-44(25-29-46)22-13-23-45-26-30-47(31-27-45)41(49)17-12-10-15-35-19-21-37(43(4,5)6)33-39(35)51-8;;/h9-12,14-21,32-33H,13,22-31H2,1-8H3;2*1H. The molecular weight excluding hydrogens is 707 g/mol. The zero-order chi connectivity index (χ0) is 37.0. The average Bonchev–Trinajstić information content (AvgIpc) is 3.11. The van der Waals surface area contributed by atoms with Crippen molar-refractivity contribution in [1.29, 1.82) is 0 Å². The molecule has 8 nitrogen and oxygen atoms in total. The summed E-state index contributed by atoms with van der Waals surface area (Å²) in [4.78, 5) is 34.4. The van der Waals surface area contributed by atoms with Crippen molar-refractivity contribution in [1.82, 2.24) is 19.6 Å². The highest BCUT2D eigenvalue weighted by molar-refractivity contribution is 5.88. The molecule has 0 N–H and O–H groups in total. The molecule has 0 saturated carbocycles. The number of halogens is 2. The molecule has 4 rings (SSSR count). The van der Waals surface area contributed by atoms with Crippen molar-refractivity contribution >= 4 is 48.8 Å². The van der Waals surface area contributed by atoms with Crippen molar-refractivity contribution in [3.63, 3.8) is 0 Å². The maximum Gasteiger partial charge on any atom is 0.246 e. The minimum absolute atomic E-state index is 0. The maximum atomic E-state index is 12.8. The van der Waals surface area contributed by atoms with Crippen molar-refractivity contribution < 1.29 is 19.1 Å². The van der Waals surface area contributed by atoms with Crippen molar-refractivity contribution in [3.8, 4) is 11.5 Å². The van der Waals surface area contributed by atoms with Crippen LogP contribution in [-0.2, 0) is 20.4 Å². The first-order chi connectivity index (χ1) is 24.3. The third-order valence-corrected chi connectivity index (χ3v) is 9.77. The SMILES string of the molecule is COc1cc(C(C)(C)C)ccc1C=CC=CC(=O)N1CCN(CCCN2CCN(C(=O)C=CC=Cc3ccc(C(C)(C)C)cc3OC)CC2)CC1.Cl.Cl. The molecule has 0 aliphatic carbocycles. The zero-order valence-electron chi connectivity index (χ0n) is 33.1. The summed E-state index contributed by atoms with van der Waals surface area (Å²) >= 11 is 0. The monoisotopic (exact) mass is 768 g/mol. The molecule has 0 bridgehead atoms. The number of nitrogens with zero attached hydrogens (tertiary/aromatic N) is 4. The largest absolute Gasteiger partial charge is 0.496 e. The molecule has 2 aliphatic rings. The first kappa shape index (κ1) is 45.6. The van der Waals surface area contributed by atoms with E-state index in [1.54, 1.807) is 26.4 Å². The summed E-state index contributed by atoms with van der Waals surface area (Å²) in [5, 5.41) is 0. The molecule has 2 heterocycles. The lowest BCUT2D eigenvalue weighted by Gasteiger charge is -2.36. The van der Waals surface area contributed by atoms with Crippen LogP contribution >= 0.6 is 24.8 Å². The number of piperazine rings is 2. The fourth-order valence-corrected chi connectivity index (χ4v) is 6.34. The third kappa shape index (κ3) is 14.0.